The molecule has 0 atom stereocenters. The van der Waals surface area contributed by atoms with Crippen molar-refractivity contribution in [2.45, 2.75) is 33.7 Å². The maximum Gasteiger partial charge on any atom is 0.130 e. The molecule has 2 aromatic heterocycles. The molecule has 0 spiro atoms. The fourth-order valence-corrected chi connectivity index (χ4v) is 2.35. The number of anilines is 1. The van der Waals surface area contributed by atoms with E-state index in [9.17, 15) is 0 Å². The van der Waals surface area contributed by atoms with Crippen molar-refractivity contribution in [2.24, 2.45) is 0 Å². The van der Waals surface area contributed by atoms with Crippen LogP contribution in [0.15, 0.2) is 18.3 Å². The summed E-state index contributed by atoms with van der Waals surface area (Å²) < 4.78 is 2.06. The summed E-state index contributed by atoms with van der Waals surface area (Å²) in [5.41, 5.74) is 4.89. The topological polar surface area (TPSA) is 42.7 Å². The molecule has 4 heteroatoms. The highest BCUT2D eigenvalue weighted by molar-refractivity contribution is 5.43. The van der Waals surface area contributed by atoms with Crippen molar-refractivity contribution >= 4 is 5.82 Å². The van der Waals surface area contributed by atoms with Crippen LogP contribution in [0.3, 0.4) is 0 Å². The molecule has 2 heterocycles. The minimum Gasteiger partial charge on any atom is -0.373 e. The van der Waals surface area contributed by atoms with Crippen LogP contribution in [0.1, 0.15) is 29.4 Å². The van der Waals surface area contributed by atoms with Gasteiger partial charge >= 0.3 is 0 Å². The monoisotopic (exact) mass is 244 g/mol. The average Bonchev–Trinajstić information content (AvgIpc) is 2.65. The molecule has 0 amide bonds. The quantitative estimate of drug-likeness (QED) is 0.898. The summed E-state index contributed by atoms with van der Waals surface area (Å²) in [6, 6.07) is 4.05. The van der Waals surface area contributed by atoms with Crippen LogP contribution in [0.4, 0.5) is 5.82 Å². The number of nitrogens with one attached hydrogen (secondary N) is 1. The van der Waals surface area contributed by atoms with Crippen molar-refractivity contribution in [3.63, 3.8) is 0 Å². The third-order valence-electron chi connectivity index (χ3n) is 3.33. The van der Waals surface area contributed by atoms with Crippen molar-refractivity contribution in [1.82, 2.24) is 14.8 Å². The van der Waals surface area contributed by atoms with Crippen LogP contribution in [0.5, 0.6) is 0 Å². The van der Waals surface area contributed by atoms with E-state index in [1.54, 1.807) is 6.20 Å². The molecular formula is C14H20N4. The molecule has 2 aromatic rings. The first kappa shape index (κ1) is 12.6. The van der Waals surface area contributed by atoms with E-state index in [-0.39, 0.29) is 0 Å². The van der Waals surface area contributed by atoms with E-state index in [1.165, 1.54) is 11.3 Å². The molecule has 0 aromatic carbocycles. The fourth-order valence-electron chi connectivity index (χ4n) is 2.35. The third kappa shape index (κ3) is 2.23. The number of pyridine rings is 1. The minimum atomic E-state index is 0.761. The normalized spacial score (nSPS) is 10.7. The Kier molecular flexibility index (Phi) is 3.65. The number of aryl methyl sites for hydroxylation is 1. The van der Waals surface area contributed by atoms with Crippen molar-refractivity contribution in [2.75, 3.05) is 12.4 Å². The number of nitrogens with zero attached hydrogens (tertiary/aromatic N) is 3. The lowest BCUT2D eigenvalue weighted by molar-refractivity contribution is 0.657. The van der Waals surface area contributed by atoms with Gasteiger partial charge in [0.15, 0.2) is 0 Å². The molecule has 0 aliphatic heterocycles. The highest BCUT2D eigenvalue weighted by atomic mass is 15.3. The number of hydrogen-bond donors (Lipinski definition) is 1. The molecule has 0 aliphatic rings. The zero-order chi connectivity index (χ0) is 13.1. The predicted octanol–water partition coefficient (Wildman–Crippen LogP) is 2.55. The molecule has 1 N–H and O–H groups in total. The van der Waals surface area contributed by atoms with E-state index in [2.05, 4.69) is 46.9 Å². The Labute approximate surface area is 108 Å². The van der Waals surface area contributed by atoms with Crippen LogP contribution in [-0.4, -0.2) is 21.8 Å². The van der Waals surface area contributed by atoms with Gasteiger partial charge in [-0.05, 0) is 31.9 Å². The molecule has 0 aliphatic carbocycles. The zero-order valence-electron chi connectivity index (χ0n) is 11.5. The highest BCUT2D eigenvalue weighted by Gasteiger charge is 2.11. The SMILES string of the molecule is CCc1c(C)nn(Cc2cccnc2NC)c1C. The summed E-state index contributed by atoms with van der Waals surface area (Å²) in [5.74, 6) is 0.920. The first-order valence-electron chi connectivity index (χ1n) is 6.31. The summed E-state index contributed by atoms with van der Waals surface area (Å²) in [4.78, 5) is 4.32. The van der Waals surface area contributed by atoms with Crippen LogP contribution in [-0.2, 0) is 13.0 Å². The maximum atomic E-state index is 4.61. The molecule has 0 saturated heterocycles. The van der Waals surface area contributed by atoms with Crippen LogP contribution >= 0.6 is 0 Å². The van der Waals surface area contributed by atoms with E-state index < -0.39 is 0 Å². The minimum absolute atomic E-state index is 0.761. The van der Waals surface area contributed by atoms with Crippen molar-refractivity contribution in [3.05, 3.63) is 40.8 Å². The second-order valence-electron chi connectivity index (χ2n) is 4.42. The van der Waals surface area contributed by atoms with Crippen molar-refractivity contribution in [3.8, 4) is 0 Å². The summed E-state index contributed by atoms with van der Waals surface area (Å²) in [5, 5.41) is 7.73. The van der Waals surface area contributed by atoms with E-state index in [0.29, 0.717) is 0 Å². The van der Waals surface area contributed by atoms with Gasteiger partial charge in [0.1, 0.15) is 5.82 Å². The van der Waals surface area contributed by atoms with Gasteiger partial charge in [0.2, 0.25) is 0 Å². The first-order chi connectivity index (χ1) is 8.67. The largest absolute Gasteiger partial charge is 0.373 e. The van der Waals surface area contributed by atoms with Crippen LogP contribution in [0.2, 0.25) is 0 Å². The Hall–Kier alpha value is -1.84. The van der Waals surface area contributed by atoms with Gasteiger partial charge in [-0.25, -0.2) is 4.98 Å². The molecule has 0 bridgehead atoms. The maximum absolute atomic E-state index is 4.61. The van der Waals surface area contributed by atoms with Gasteiger partial charge < -0.3 is 5.32 Å². The Morgan fingerprint density at radius 3 is 2.72 bits per heavy atom. The Bertz CT molecular complexity index is 543. The summed E-state index contributed by atoms with van der Waals surface area (Å²) >= 11 is 0. The lowest BCUT2D eigenvalue weighted by Crippen LogP contribution is -2.07. The lowest BCUT2D eigenvalue weighted by Gasteiger charge is -2.09. The highest BCUT2D eigenvalue weighted by Crippen LogP contribution is 2.17. The first-order valence-corrected chi connectivity index (χ1v) is 6.31. The average molecular weight is 244 g/mol. The molecule has 0 saturated carbocycles. The van der Waals surface area contributed by atoms with Crippen LogP contribution in [0.25, 0.3) is 0 Å². The van der Waals surface area contributed by atoms with E-state index >= 15 is 0 Å². The van der Waals surface area contributed by atoms with E-state index in [1.807, 2.05) is 13.1 Å². The van der Waals surface area contributed by atoms with Crippen LogP contribution < -0.4 is 5.32 Å². The molecule has 0 fully saturated rings. The molecule has 96 valence electrons. The number of rotatable bonds is 4. The van der Waals surface area contributed by atoms with Gasteiger partial charge in [-0.2, -0.15) is 5.10 Å². The van der Waals surface area contributed by atoms with E-state index in [0.717, 1.165) is 30.0 Å². The van der Waals surface area contributed by atoms with Gasteiger partial charge in [-0.3, -0.25) is 4.68 Å². The predicted molar refractivity (Wildman–Crippen MR) is 74.0 cm³/mol. The second kappa shape index (κ2) is 5.21. The molecule has 0 radical (unpaired) electrons. The molecule has 0 unspecified atom stereocenters. The van der Waals surface area contributed by atoms with Gasteiger partial charge in [0.05, 0.1) is 12.2 Å². The molecule has 18 heavy (non-hydrogen) atoms. The molecule has 4 nitrogen and oxygen atoms in total. The van der Waals surface area contributed by atoms with Crippen LogP contribution in [0, 0.1) is 13.8 Å². The van der Waals surface area contributed by atoms with Crippen molar-refractivity contribution in [1.29, 1.82) is 0 Å². The second-order valence-corrected chi connectivity index (χ2v) is 4.42. The standard InChI is InChI=1S/C14H20N4/c1-5-13-10(2)17-18(11(13)3)9-12-7-6-8-16-14(12)15-4/h6-8H,5,9H2,1-4H3,(H,15,16). The third-order valence-corrected chi connectivity index (χ3v) is 3.33. The Morgan fingerprint density at radius 1 is 1.33 bits per heavy atom. The summed E-state index contributed by atoms with van der Waals surface area (Å²) in [6.45, 7) is 7.14. The van der Waals surface area contributed by atoms with Crippen molar-refractivity contribution < 1.29 is 0 Å². The fraction of sp³-hybridized carbons (Fsp3) is 0.429. The van der Waals surface area contributed by atoms with Gasteiger partial charge in [0, 0.05) is 24.5 Å². The zero-order valence-corrected chi connectivity index (χ0v) is 11.5. The number of aromatic nitrogens is 3. The van der Waals surface area contributed by atoms with Gasteiger partial charge in [-0.1, -0.05) is 13.0 Å². The Balaban J connectivity index is 2.34. The Morgan fingerprint density at radius 2 is 2.11 bits per heavy atom. The smallest absolute Gasteiger partial charge is 0.130 e. The van der Waals surface area contributed by atoms with E-state index in [4.69, 9.17) is 0 Å². The van der Waals surface area contributed by atoms with Gasteiger partial charge in [0.25, 0.3) is 0 Å². The molecular weight excluding hydrogens is 224 g/mol. The van der Waals surface area contributed by atoms with Gasteiger partial charge in [-0.15, -0.1) is 0 Å². The molecule has 2 rings (SSSR count). The summed E-state index contributed by atoms with van der Waals surface area (Å²) in [6.07, 6.45) is 2.83. The summed E-state index contributed by atoms with van der Waals surface area (Å²) in [7, 11) is 1.89. The lowest BCUT2D eigenvalue weighted by atomic mass is 10.1. The number of hydrogen-bond acceptors (Lipinski definition) is 3.